The van der Waals surface area contributed by atoms with E-state index in [9.17, 15) is 14.4 Å². The fourth-order valence-electron chi connectivity index (χ4n) is 4.56. The lowest BCUT2D eigenvalue weighted by Gasteiger charge is -2.16. The van der Waals surface area contributed by atoms with Gasteiger partial charge in [0.15, 0.2) is 0 Å². The third kappa shape index (κ3) is 3.49. The number of nitrogens with zero attached hydrogens (tertiary/aromatic N) is 6. The number of rotatable bonds is 5. The number of hydrogen-bond donors (Lipinski definition) is 0. The highest BCUT2D eigenvalue weighted by Gasteiger charge is 2.36. The first kappa shape index (κ1) is 21.6. The molecule has 0 radical (unpaired) electrons. The zero-order chi connectivity index (χ0) is 24.8. The molecule has 0 saturated heterocycles. The van der Waals surface area contributed by atoms with Crippen LogP contribution in [0.4, 0.5) is 0 Å². The summed E-state index contributed by atoms with van der Waals surface area (Å²) < 4.78 is 3.06. The van der Waals surface area contributed by atoms with Crippen LogP contribution >= 0.6 is 0 Å². The smallest absolute Gasteiger partial charge is 0.261 e. The van der Waals surface area contributed by atoms with Crippen LogP contribution in [0.15, 0.2) is 79.0 Å². The number of carbonyl (C=O) groups is 3. The van der Waals surface area contributed by atoms with E-state index in [0.29, 0.717) is 34.6 Å². The van der Waals surface area contributed by atoms with Gasteiger partial charge in [-0.05, 0) is 29.8 Å². The van der Waals surface area contributed by atoms with E-state index in [-0.39, 0.29) is 24.3 Å². The Hall–Kier alpha value is -4.92. The maximum Gasteiger partial charge on any atom is 0.261 e. The summed E-state index contributed by atoms with van der Waals surface area (Å²) in [7, 11) is 0. The maximum atomic E-state index is 13.1. The number of fused-ring (bicyclic) bond motifs is 2. The maximum absolute atomic E-state index is 13.1. The summed E-state index contributed by atoms with van der Waals surface area (Å²) in [4.78, 5) is 39.3. The van der Waals surface area contributed by atoms with Crippen molar-refractivity contribution in [3.05, 3.63) is 101 Å². The van der Waals surface area contributed by atoms with Crippen molar-refractivity contribution in [2.75, 3.05) is 0 Å². The van der Waals surface area contributed by atoms with Crippen molar-refractivity contribution in [1.29, 1.82) is 0 Å². The number of imide groups is 1. The molecule has 9 nitrogen and oxygen atoms in total. The van der Waals surface area contributed by atoms with Gasteiger partial charge in [-0.3, -0.25) is 19.3 Å². The Morgan fingerprint density at radius 1 is 0.861 bits per heavy atom. The summed E-state index contributed by atoms with van der Waals surface area (Å²) in [5.41, 5.74) is 4.41. The van der Waals surface area contributed by atoms with Gasteiger partial charge in [0.1, 0.15) is 5.69 Å². The summed E-state index contributed by atoms with van der Waals surface area (Å²) in [6.45, 7) is 1.90. The molecule has 1 aliphatic rings. The first-order valence-electron chi connectivity index (χ1n) is 11.4. The van der Waals surface area contributed by atoms with Crippen molar-refractivity contribution in [3.63, 3.8) is 0 Å². The summed E-state index contributed by atoms with van der Waals surface area (Å²) in [5.74, 6) is -0.864. The molecule has 0 saturated carbocycles. The average molecular weight is 476 g/mol. The van der Waals surface area contributed by atoms with E-state index in [1.807, 2.05) is 42.5 Å². The molecule has 0 spiro atoms. The minimum absolute atomic E-state index is 0.0201. The van der Waals surface area contributed by atoms with Crippen LogP contribution in [-0.4, -0.2) is 47.4 Å². The number of benzene rings is 3. The number of hydrogen-bond acceptors (Lipinski definition) is 6. The largest absolute Gasteiger partial charge is 0.273 e. The Kier molecular flexibility index (Phi) is 5.03. The molecule has 176 valence electrons. The van der Waals surface area contributed by atoms with Crippen LogP contribution in [-0.2, 0) is 13.1 Å². The van der Waals surface area contributed by atoms with Gasteiger partial charge in [-0.25, -0.2) is 9.36 Å². The lowest BCUT2D eigenvalue weighted by atomic mass is 10.1. The molecule has 3 heterocycles. The van der Waals surface area contributed by atoms with E-state index in [1.54, 1.807) is 41.2 Å². The van der Waals surface area contributed by atoms with Gasteiger partial charge in [-0.2, -0.15) is 5.10 Å². The summed E-state index contributed by atoms with van der Waals surface area (Å²) in [6, 6.07) is 22.1. The predicted octanol–water partition coefficient (Wildman–Crippen LogP) is 3.80. The molecule has 3 aromatic carbocycles. The van der Waals surface area contributed by atoms with Gasteiger partial charge in [-0.1, -0.05) is 53.7 Å². The van der Waals surface area contributed by atoms with E-state index in [1.165, 1.54) is 16.5 Å². The lowest BCUT2D eigenvalue weighted by Crippen LogP contribution is -2.30. The van der Waals surface area contributed by atoms with Crippen LogP contribution < -0.4 is 0 Å². The van der Waals surface area contributed by atoms with Crippen LogP contribution in [0.5, 0.6) is 0 Å². The zero-order valence-corrected chi connectivity index (χ0v) is 19.3. The highest BCUT2D eigenvalue weighted by molar-refractivity contribution is 6.21. The first-order chi connectivity index (χ1) is 17.5. The molecule has 0 bridgehead atoms. The standard InChI is InChI=1S/C27H20N6O3/c1-17(34)33-23-12-11-19(13-20(23)14-28-33)25-24(32(30-29-25)15-18-7-3-2-4-8-18)16-31-26(35)21-9-5-6-10-22(21)27(31)36/h2-14H,15-16H2,1H3. The Balaban J connectivity index is 1.44. The second kappa shape index (κ2) is 8.38. The monoisotopic (exact) mass is 476 g/mol. The van der Waals surface area contributed by atoms with Crippen LogP contribution in [0.3, 0.4) is 0 Å². The first-order valence-corrected chi connectivity index (χ1v) is 11.4. The lowest BCUT2D eigenvalue weighted by molar-refractivity contribution is 0.0638. The Morgan fingerprint density at radius 2 is 1.56 bits per heavy atom. The zero-order valence-electron chi connectivity index (χ0n) is 19.3. The number of aromatic nitrogens is 5. The van der Waals surface area contributed by atoms with Gasteiger partial charge < -0.3 is 0 Å². The highest BCUT2D eigenvalue weighted by atomic mass is 16.2. The van der Waals surface area contributed by atoms with Gasteiger partial charge in [0, 0.05) is 17.9 Å². The van der Waals surface area contributed by atoms with Crippen LogP contribution in [0.1, 0.15) is 43.7 Å². The fraction of sp³-hybridized carbons (Fsp3) is 0.111. The average Bonchev–Trinajstić information content (AvgIpc) is 3.56. The molecule has 0 unspecified atom stereocenters. The van der Waals surface area contributed by atoms with Crippen LogP contribution in [0.2, 0.25) is 0 Å². The van der Waals surface area contributed by atoms with E-state index >= 15 is 0 Å². The van der Waals surface area contributed by atoms with Crippen molar-refractivity contribution >= 4 is 28.6 Å². The molecule has 0 fully saturated rings. The van der Waals surface area contributed by atoms with Gasteiger partial charge in [-0.15, -0.1) is 5.10 Å². The minimum Gasteiger partial charge on any atom is -0.273 e. The number of carbonyl (C=O) groups excluding carboxylic acids is 3. The minimum atomic E-state index is -0.341. The summed E-state index contributed by atoms with van der Waals surface area (Å²) in [5, 5.41) is 13.8. The Labute approximate surface area is 205 Å². The molecule has 2 aromatic heterocycles. The molecular formula is C27H20N6O3. The molecule has 1 aliphatic heterocycles. The van der Waals surface area contributed by atoms with Gasteiger partial charge >= 0.3 is 0 Å². The van der Waals surface area contributed by atoms with Crippen molar-refractivity contribution < 1.29 is 14.4 Å². The molecule has 0 aliphatic carbocycles. The molecule has 0 atom stereocenters. The van der Waals surface area contributed by atoms with Crippen molar-refractivity contribution in [2.24, 2.45) is 0 Å². The quantitative estimate of drug-likeness (QED) is 0.358. The van der Waals surface area contributed by atoms with E-state index in [4.69, 9.17) is 0 Å². The van der Waals surface area contributed by atoms with Gasteiger partial charge in [0.25, 0.3) is 11.8 Å². The van der Waals surface area contributed by atoms with Gasteiger partial charge in [0.05, 0.1) is 41.6 Å². The number of amides is 2. The molecule has 2 amide bonds. The van der Waals surface area contributed by atoms with Crippen molar-refractivity contribution in [1.82, 2.24) is 29.7 Å². The second-order valence-corrected chi connectivity index (χ2v) is 8.62. The van der Waals surface area contributed by atoms with E-state index in [0.717, 1.165) is 16.5 Å². The predicted molar refractivity (Wildman–Crippen MR) is 131 cm³/mol. The normalized spacial score (nSPS) is 13.0. The van der Waals surface area contributed by atoms with E-state index in [2.05, 4.69) is 15.4 Å². The summed E-state index contributed by atoms with van der Waals surface area (Å²) in [6.07, 6.45) is 1.62. The highest BCUT2D eigenvalue weighted by Crippen LogP contribution is 2.30. The molecule has 6 rings (SSSR count). The topological polar surface area (TPSA) is 103 Å². The molecule has 9 heteroatoms. The van der Waals surface area contributed by atoms with Gasteiger partial charge in [0.2, 0.25) is 5.91 Å². The van der Waals surface area contributed by atoms with E-state index < -0.39 is 0 Å². The van der Waals surface area contributed by atoms with Crippen LogP contribution in [0.25, 0.3) is 22.2 Å². The Bertz CT molecular complexity index is 1630. The van der Waals surface area contributed by atoms with Crippen molar-refractivity contribution in [3.8, 4) is 11.3 Å². The molecule has 5 aromatic rings. The fourth-order valence-corrected chi connectivity index (χ4v) is 4.56. The SMILES string of the molecule is CC(=O)n1ncc2cc(-c3nnn(Cc4ccccc4)c3CN3C(=O)c4ccccc4C3=O)ccc21. The molecular weight excluding hydrogens is 456 g/mol. The second-order valence-electron chi connectivity index (χ2n) is 8.62. The summed E-state index contributed by atoms with van der Waals surface area (Å²) >= 11 is 0. The molecule has 36 heavy (non-hydrogen) atoms. The van der Waals surface area contributed by atoms with Crippen LogP contribution in [0, 0.1) is 0 Å². The van der Waals surface area contributed by atoms with Crippen molar-refractivity contribution in [2.45, 2.75) is 20.0 Å². The Morgan fingerprint density at radius 3 is 2.25 bits per heavy atom. The third-order valence-electron chi connectivity index (χ3n) is 6.34. The molecule has 0 N–H and O–H groups in total. The third-order valence-corrected chi connectivity index (χ3v) is 6.34.